The molecule has 2 aromatic carbocycles. The summed E-state index contributed by atoms with van der Waals surface area (Å²) in [6.07, 6.45) is 8.47. The maximum Gasteiger partial charge on any atom is 0.166 e. The van der Waals surface area contributed by atoms with Gasteiger partial charge in [-0.25, -0.2) is 8.78 Å². The maximum atomic E-state index is 14.5. The predicted octanol–water partition coefficient (Wildman–Crippen LogP) is 6.37. The second-order valence-electron chi connectivity index (χ2n) is 7.01. The summed E-state index contributed by atoms with van der Waals surface area (Å²) < 4.78 is 28.7. The number of aryl methyl sites for hydroxylation is 2. The van der Waals surface area contributed by atoms with Crippen molar-refractivity contribution in [2.24, 2.45) is 5.92 Å². The smallest absolute Gasteiger partial charge is 0.166 e. The largest absolute Gasteiger partial charge is 0.203 e. The molecular formula is C21H26F2. The van der Waals surface area contributed by atoms with Crippen LogP contribution in [0.1, 0.15) is 62.6 Å². The van der Waals surface area contributed by atoms with Gasteiger partial charge in [-0.05, 0) is 65.8 Å². The third-order valence-corrected chi connectivity index (χ3v) is 5.23. The molecule has 1 aliphatic rings. The zero-order valence-corrected chi connectivity index (χ0v) is 14.2. The zero-order chi connectivity index (χ0) is 16.4. The van der Waals surface area contributed by atoms with Crippen molar-refractivity contribution < 1.29 is 8.78 Å². The maximum absolute atomic E-state index is 14.5. The van der Waals surface area contributed by atoms with Crippen LogP contribution in [0.3, 0.4) is 0 Å². The minimum absolute atomic E-state index is 0.456. The summed E-state index contributed by atoms with van der Waals surface area (Å²) in [6.45, 7) is 4.21. The summed E-state index contributed by atoms with van der Waals surface area (Å²) >= 11 is 0. The highest BCUT2D eigenvalue weighted by atomic mass is 19.2. The predicted molar refractivity (Wildman–Crippen MR) is 92.9 cm³/mol. The molecule has 2 aromatic rings. The second kappa shape index (κ2) is 6.98. The Bertz CT molecular complexity index is 703. The minimum Gasteiger partial charge on any atom is -0.203 e. The third-order valence-electron chi connectivity index (χ3n) is 5.23. The van der Waals surface area contributed by atoms with Crippen LogP contribution in [-0.4, -0.2) is 0 Å². The molecule has 0 fully saturated rings. The molecule has 1 unspecified atom stereocenters. The summed E-state index contributed by atoms with van der Waals surface area (Å²) in [7, 11) is 0. The highest BCUT2D eigenvalue weighted by Gasteiger charge is 2.21. The Hall–Kier alpha value is -1.44. The molecule has 0 heterocycles. The molecule has 0 spiro atoms. The van der Waals surface area contributed by atoms with Crippen LogP contribution in [0.4, 0.5) is 8.78 Å². The third kappa shape index (κ3) is 3.27. The number of hydrogen-bond acceptors (Lipinski definition) is 0. The Labute approximate surface area is 137 Å². The molecule has 3 rings (SSSR count). The van der Waals surface area contributed by atoms with Crippen LogP contribution >= 0.6 is 0 Å². The summed E-state index contributed by atoms with van der Waals surface area (Å²) in [5, 5.41) is 1.32. The first-order chi connectivity index (χ1) is 11.1. The molecule has 0 bridgehead atoms. The van der Waals surface area contributed by atoms with E-state index in [2.05, 4.69) is 13.0 Å². The molecule has 0 aromatic heterocycles. The Balaban J connectivity index is 1.99. The SMILES string of the molecule is CCCCC1CCc2cc3cc(CCC)c(F)c(F)c3cc2C1. The van der Waals surface area contributed by atoms with Crippen LogP contribution < -0.4 is 0 Å². The molecule has 23 heavy (non-hydrogen) atoms. The Morgan fingerprint density at radius 2 is 1.83 bits per heavy atom. The second-order valence-corrected chi connectivity index (χ2v) is 7.01. The van der Waals surface area contributed by atoms with Crippen molar-refractivity contribution in [3.63, 3.8) is 0 Å². The standard InChI is InChI=1S/C21H26F2/c1-3-5-7-14-8-9-15-11-18-12-16(6-4-2)20(22)21(23)19(18)13-17(15)10-14/h11-14H,3-10H2,1-2H3. The first-order valence-corrected chi connectivity index (χ1v) is 9.06. The average molecular weight is 316 g/mol. The normalized spacial score (nSPS) is 17.5. The number of fused-ring (bicyclic) bond motifs is 2. The summed E-state index contributed by atoms with van der Waals surface area (Å²) in [5.41, 5.74) is 3.07. The molecule has 0 nitrogen and oxygen atoms in total. The van der Waals surface area contributed by atoms with Gasteiger partial charge in [0.1, 0.15) is 0 Å². The quantitative estimate of drug-likeness (QED) is 0.601. The van der Waals surface area contributed by atoms with E-state index in [1.165, 1.54) is 36.8 Å². The number of unbranched alkanes of at least 4 members (excludes halogenated alkanes) is 1. The van der Waals surface area contributed by atoms with Crippen molar-refractivity contribution in [2.75, 3.05) is 0 Å². The van der Waals surface area contributed by atoms with Gasteiger partial charge in [-0.3, -0.25) is 0 Å². The number of hydrogen-bond donors (Lipinski definition) is 0. The molecule has 1 atom stereocenters. The minimum atomic E-state index is -0.663. The molecule has 1 aliphatic carbocycles. The lowest BCUT2D eigenvalue weighted by Gasteiger charge is -2.25. The summed E-state index contributed by atoms with van der Waals surface area (Å²) in [6, 6.07) is 5.86. The monoisotopic (exact) mass is 316 g/mol. The van der Waals surface area contributed by atoms with Crippen LogP contribution in [0.5, 0.6) is 0 Å². The van der Waals surface area contributed by atoms with Crippen LogP contribution in [-0.2, 0) is 19.3 Å². The van der Waals surface area contributed by atoms with Gasteiger partial charge >= 0.3 is 0 Å². The van der Waals surface area contributed by atoms with E-state index in [9.17, 15) is 8.78 Å². The van der Waals surface area contributed by atoms with E-state index in [4.69, 9.17) is 0 Å². The zero-order valence-electron chi connectivity index (χ0n) is 14.2. The molecule has 0 saturated carbocycles. The molecule has 0 saturated heterocycles. The van der Waals surface area contributed by atoms with Crippen molar-refractivity contribution in [3.05, 3.63) is 46.5 Å². The van der Waals surface area contributed by atoms with E-state index >= 15 is 0 Å². The van der Waals surface area contributed by atoms with Crippen molar-refractivity contribution in [1.82, 2.24) is 0 Å². The van der Waals surface area contributed by atoms with E-state index in [1.807, 2.05) is 19.1 Å². The van der Waals surface area contributed by atoms with E-state index in [0.717, 1.165) is 24.6 Å². The van der Waals surface area contributed by atoms with E-state index in [-0.39, 0.29) is 0 Å². The van der Waals surface area contributed by atoms with Gasteiger partial charge in [0.2, 0.25) is 0 Å². The summed E-state index contributed by atoms with van der Waals surface area (Å²) in [5.74, 6) is -0.616. The van der Waals surface area contributed by atoms with E-state index in [1.54, 1.807) is 0 Å². The van der Waals surface area contributed by atoms with Crippen LogP contribution in [0.15, 0.2) is 18.2 Å². The Kier molecular flexibility index (Phi) is 4.99. The fraction of sp³-hybridized carbons (Fsp3) is 0.524. The lowest BCUT2D eigenvalue weighted by molar-refractivity contribution is 0.413. The van der Waals surface area contributed by atoms with Gasteiger partial charge in [0.25, 0.3) is 0 Å². The Morgan fingerprint density at radius 3 is 2.57 bits per heavy atom. The molecule has 0 amide bonds. The van der Waals surface area contributed by atoms with Gasteiger partial charge in [0, 0.05) is 5.39 Å². The number of halogens is 2. The van der Waals surface area contributed by atoms with Gasteiger partial charge in [0.15, 0.2) is 11.6 Å². The molecule has 0 aliphatic heterocycles. The lowest BCUT2D eigenvalue weighted by Crippen LogP contribution is -2.14. The Morgan fingerprint density at radius 1 is 1.00 bits per heavy atom. The van der Waals surface area contributed by atoms with Crippen molar-refractivity contribution in [1.29, 1.82) is 0 Å². The van der Waals surface area contributed by atoms with E-state index in [0.29, 0.717) is 23.3 Å². The van der Waals surface area contributed by atoms with Gasteiger partial charge in [-0.15, -0.1) is 0 Å². The molecule has 124 valence electrons. The highest BCUT2D eigenvalue weighted by Crippen LogP contribution is 2.34. The van der Waals surface area contributed by atoms with Crippen molar-refractivity contribution >= 4 is 10.8 Å². The molecular weight excluding hydrogens is 290 g/mol. The topological polar surface area (TPSA) is 0 Å². The molecule has 0 N–H and O–H groups in total. The first kappa shape index (κ1) is 16.4. The fourth-order valence-corrected chi connectivity index (χ4v) is 3.91. The number of rotatable bonds is 5. The van der Waals surface area contributed by atoms with Crippen LogP contribution in [0, 0.1) is 17.6 Å². The van der Waals surface area contributed by atoms with Crippen LogP contribution in [0.25, 0.3) is 10.8 Å². The van der Waals surface area contributed by atoms with Crippen molar-refractivity contribution in [3.8, 4) is 0 Å². The van der Waals surface area contributed by atoms with Crippen LogP contribution in [0.2, 0.25) is 0 Å². The molecule has 0 radical (unpaired) electrons. The molecule has 2 heteroatoms. The number of benzene rings is 2. The van der Waals surface area contributed by atoms with Gasteiger partial charge < -0.3 is 0 Å². The van der Waals surface area contributed by atoms with Gasteiger partial charge in [0.05, 0.1) is 0 Å². The average Bonchev–Trinajstić information content (AvgIpc) is 2.56. The lowest BCUT2D eigenvalue weighted by atomic mass is 9.80. The fourth-order valence-electron chi connectivity index (χ4n) is 3.91. The highest BCUT2D eigenvalue weighted by molar-refractivity contribution is 5.86. The van der Waals surface area contributed by atoms with Crippen molar-refractivity contribution in [2.45, 2.75) is 65.2 Å². The van der Waals surface area contributed by atoms with Gasteiger partial charge in [-0.2, -0.15) is 0 Å². The summed E-state index contributed by atoms with van der Waals surface area (Å²) in [4.78, 5) is 0. The first-order valence-electron chi connectivity index (χ1n) is 9.06. The van der Waals surface area contributed by atoms with E-state index < -0.39 is 11.6 Å². The van der Waals surface area contributed by atoms with Gasteiger partial charge in [-0.1, -0.05) is 45.6 Å².